The molecule has 0 unspecified atom stereocenters. The van der Waals surface area contributed by atoms with E-state index in [1.54, 1.807) is 0 Å². The number of rotatable bonds is 7. The zero-order chi connectivity index (χ0) is 18.2. The van der Waals surface area contributed by atoms with Crippen molar-refractivity contribution < 1.29 is 4.79 Å². The van der Waals surface area contributed by atoms with Gasteiger partial charge in [0.2, 0.25) is 5.91 Å². The van der Waals surface area contributed by atoms with Crippen LogP contribution in [0, 0.1) is 19.8 Å². The first-order chi connectivity index (χ1) is 11.9. The molecule has 0 bridgehead atoms. The summed E-state index contributed by atoms with van der Waals surface area (Å²) in [6.45, 7) is 7.84. The number of piperidine rings is 1. The predicted molar refractivity (Wildman–Crippen MR) is 119 cm³/mol. The van der Waals surface area contributed by atoms with E-state index in [0.29, 0.717) is 5.96 Å². The third kappa shape index (κ3) is 7.90. The van der Waals surface area contributed by atoms with Crippen LogP contribution in [-0.4, -0.2) is 42.9 Å². The van der Waals surface area contributed by atoms with Crippen LogP contribution < -0.4 is 16.8 Å². The van der Waals surface area contributed by atoms with Crippen molar-refractivity contribution in [3.63, 3.8) is 0 Å². The number of halogens is 1. The number of hydrogen-bond acceptors (Lipinski definition) is 3. The van der Waals surface area contributed by atoms with Crippen molar-refractivity contribution in [1.29, 1.82) is 0 Å². The lowest BCUT2D eigenvalue weighted by molar-refractivity contribution is -0.123. The summed E-state index contributed by atoms with van der Waals surface area (Å²) in [5, 5.41) is 3.15. The lowest BCUT2D eigenvalue weighted by Gasteiger charge is -2.30. The molecule has 1 fully saturated rings. The normalized spacial score (nSPS) is 16.2. The first-order valence-corrected chi connectivity index (χ1v) is 9.11. The Bertz CT molecular complexity index is 592. The highest BCUT2D eigenvalue weighted by Gasteiger charge is 2.22. The van der Waals surface area contributed by atoms with Crippen LogP contribution in [0.1, 0.15) is 36.8 Å². The van der Waals surface area contributed by atoms with E-state index in [1.807, 2.05) is 0 Å². The lowest BCUT2D eigenvalue weighted by Crippen LogP contribution is -2.38. The van der Waals surface area contributed by atoms with Crippen LogP contribution in [0.3, 0.4) is 0 Å². The number of benzene rings is 1. The van der Waals surface area contributed by atoms with Crippen molar-refractivity contribution in [1.82, 2.24) is 4.90 Å². The standard InChI is InChI=1S/C19H31N5O.HI/c1-14-11-15(2)13-17(12-14)23-19(21)22-7-3-4-8-24-9-5-16(6-10-24)18(20)25;/h11-13,16H,3-10H2,1-2H3,(H2,20,25)(H3,21,22,23);1H. The van der Waals surface area contributed by atoms with Crippen molar-refractivity contribution in [3.05, 3.63) is 29.3 Å². The summed E-state index contributed by atoms with van der Waals surface area (Å²) >= 11 is 0. The molecule has 0 aromatic heterocycles. The summed E-state index contributed by atoms with van der Waals surface area (Å²) in [7, 11) is 0. The fraction of sp³-hybridized carbons (Fsp3) is 0.579. The van der Waals surface area contributed by atoms with Gasteiger partial charge in [-0.15, -0.1) is 24.0 Å². The van der Waals surface area contributed by atoms with Crippen LogP contribution in [0.4, 0.5) is 5.69 Å². The van der Waals surface area contributed by atoms with Gasteiger partial charge in [-0.1, -0.05) is 6.07 Å². The zero-order valence-corrected chi connectivity index (χ0v) is 18.2. The Hall–Kier alpha value is -1.35. The maximum absolute atomic E-state index is 11.2. The van der Waals surface area contributed by atoms with Gasteiger partial charge in [0, 0.05) is 18.2 Å². The van der Waals surface area contributed by atoms with Gasteiger partial charge in [-0.05, 0) is 82.4 Å². The molecule has 0 radical (unpaired) electrons. The molecule has 1 aromatic carbocycles. The van der Waals surface area contributed by atoms with Crippen molar-refractivity contribution in [2.24, 2.45) is 22.4 Å². The number of unbranched alkanes of at least 4 members (excludes halogenated alkanes) is 1. The predicted octanol–water partition coefficient (Wildman–Crippen LogP) is 2.63. The zero-order valence-electron chi connectivity index (χ0n) is 15.8. The molecule has 0 atom stereocenters. The highest BCUT2D eigenvalue weighted by Crippen LogP contribution is 2.17. The minimum absolute atomic E-state index is 0. The van der Waals surface area contributed by atoms with Gasteiger partial charge in [0.05, 0.1) is 0 Å². The van der Waals surface area contributed by atoms with Gasteiger partial charge in [-0.3, -0.25) is 9.79 Å². The summed E-state index contributed by atoms with van der Waals surface area (Å²) < 4.78 is 0. The van der Waals surface area contributed by atoms with Gasteiger partial charge < -0.3 is 21.7 Å². The molecular weight excluding hydrogens is 441 g/mol. The number of nitrogens with one attached hydrogen (secondary N) is 1. The molecule has 7 heteroatoms. The van der Waals surface area contributed by atoms with E-state index < -0.39 is 0 Å². The summed E-state index contributed by atoms with van der Waals surface area (Å²) in [5.41, 5.74) is 14.7. The maximum atomic E-state index is 11.2. The Balaban J connectivity index is 0.00000338. The summed E-state index contributed by atoms with van der Waals surface area (Å²) in [6.07, 6.45) is 3.87. The third-order valence-corrected chi connectivity index (χ3v) is 4.65. The second-order valence-electron chi connectivity index (χ2n) is 6.99. The highest BCUT2D eigenvalue weighted by atomic mass is 127. The molecule has 1 amide bonds. The number of aliphatic imine (C=N–C) groups is 1. The number of primary amides is 1. The fourth-order valence-corrected chi connectivity index (χ4v) is 3.32. The largest absolute Gasteiger partial charge is 0.370 e. The van der Waals surface area contributed by atoms with Crippen LogP contribution in [0.5, 0.6) is 0 Å². The first-order valence-electron chi connectivity index (χ1n) is 9.11. The molecule has 0 spiro atoms. The minimum atomic E-state index is -0.152. The number of guanidine groups is 1. The van der Waals surface area contributed by atoms with Crippen LogP contribution in [0.15, 0.2) is 23.2 Å². The molecule has 5 N–H and O–H groups in total. The number of hydrogen-bond donors (Lipinski definition) is 3. The van der Waals surface area contributed by atoms with Crippen molar-refractivity contribution in [3.8, 4) is 0 Å². The summed E-state index contributed by atoms with van der Waals surface area (Å²) in [4.78, 5) is 18.0. The van der Waals surface area contributed by atoms with E-state index in [0.717, 1.165) is 57.5 Å². The molecule has 0 aliphatic carbocycles. The van der Waals surface area contributed by atoms with Crippen LogP contribution >= 0.6 is 24.0 Å². The maximum Gasteiger partial charge on any atom is 0.220 e. The summed E-state index contributed by atoms with van der Waals surface area (Å²) in [6, 6.07) is 6.25. The number of nitrogens with zero attached hydrogens (tertiary/aromatic N) is 2. The second kappa shape index (κ2) is 11.4. The molecule has 2 rings (SSSR count). The van der Waals surface area contributed by atoms with Crippen molar-refractivity contribution >= 4 is 41.5 Å². The van der Waals surface area contributed by atoms with E-state index in [9.17, 15) is 4.79 Å². The molecule has 146 valence electrons. The van der Waals surface area contributed by atoms with Crippen molar-refractivity contribution in [2.75, 3.05) is 31.5 Å². The van der Waals surface area contributed by atoms with E-state index in [-0.39, 0.29) is 35.8 Å². The Kier molecular flexibility index (Phi) is 9.93. The van der Waals surface area contributed by atoms with E-state index in [4.69, 9.17) is 11.5 Å². The van der Waals surface area contributed by atoms with Gasteiger partial charge in [-0.25, -0.2) is 0 Å². The third-order valence-electron chi connectivity index (χ3n) is 4.65. The van der Waals surface area contributed by atoms with Gasteiger partial charge in [0.25, 0.3) is 0 Å². The number of anilines is 1. The van der Waals surface area contributed by atoms with Gasteiger partial charge in [-0.2, -0.15) is 0 Å². The number of nitrogens with two attached hydrogens (primary N) is 2. The Morgan fingerprint density at radius 3 is 2.35 bits per heavy atom. The smallest absolute Gasteiger partial charge is 0.220 e. The molecule has 1 aliphatic rings. The van der Waals surface area contributed by atoms with E-state index in [2.05, 4.69) is 47.3 Å². The number of carbonyl (C=O) groups excluding carboxylic acids is 1. The van der Waals surface area contributed by atoms with Gasteiger partial charge in [0.1, 0.15) is 0 Å². The molecule has 6 nitrogen and oxygen atoms in total. The monoisotopic (exact) mass is 473 g/mol. The molecule has 0 saturated carbocycles. The number of carbonyl (C=O) groups is 1. The Morgan fingerprint density at radius 2 is 1.77 bits per heavy atom. The number of amides is 1. The molecule has 1 aromatic rings. The van der Waals surface area contributed by atoms with Crippen LogP contribution in [0.2, 0.25) is 0 Å². The first kappa shape index (κ1) is 22.7. The van der Waals surface area contributed by atoms with Crippen molar-refractivity contribution in [2.45, 2.75) is 39.5 Å². The Labute approximate surface area is 173 Å². The number of likely N-dealkylation sites (tertiary alicyclic amines) is 1. The molecule has 1 heterocycles. The van der Waals surface area contributed by atoms with Crippen LogP contribution in [0.25, 0.3) is 0 Å². The van der Waals surface area contributed by atoms with E-state index in [1.165, 1.54) is 11.1 Å². The van der Waals surface area contributed by atoms with E-state index >= 15 is 0 Å². The highest BCUT2D eigenvalue weighted by molar-refractivity contribution is 14.0. The minimum Gasteiger partial charge on any atom is -0.370 e. The molecule has 1 saturated heterocycles. The molecule has 1 aliphatic heterocycles. The van der Waals surface area contributed by atoms with Gasteiger partial charge >= 0.3 is 0 Å². The average molecular weight is 473 g/mol. The fourth-order valence-electron chi connectivity index (χ4n) is 3.32. The molecule has 26 heavy (non-hydrogen) atoms. The SMILES string of the molecule is Cc1cc(C)cc(NC(N)=NCCCCN2CCC(C(N)=O)CC2)c1.I. The van der Waals surface area contributed by atoms with Gasteiger partial charge in [0.15, 0.2) is 5.96 Å². The number of aryl methyl sites for hydroxylation is 2. The average Bonchev–Trinajstić information content (AvgIpc) is 2.54. The Morgan fingerprint density at radius 1 is 1.15 bits per heavy atom. The van der Waals surface area contributed by atoms with Crippen LogP contribution in [-0.2, 0) is 4.79 Å². The topological polar surface area (TPSA) is 96.7 Å². The second-order valence-corrected chi connectivity index (χ2v) is 6.99. The lowest BCUT2D eigenvalue weighted by atomic mass is 9.96. The molecular formula is C19H32IN5O. The quantitative estimate of drug-likeness (QED) is 0.246. The summed E-state index contributed by atoms with van der Waals surface area (Å²) in [5.74, 6) is 0.380.